The largest absolute Gasteiger partial charge is 0.494 e. The molecule has 0 saturated heterocycles. The summed E-state index contributed by atoms with van der Waals surface area (Å²) in [6, 6.07) is 6.65. The van der Waals surface area contributed by atoms with Gasteiger partial charge in [0.05, 0.1) is 6.61 Å². The molecular formula is C15H24BrNO. The zero-order valence-electron chi connectivity index (χ0n) is 11.8. The molecule has 0 amide bonds. The SMILES string of the molecule is CCCNC(c1ccc(OCC)cc1Br)C(C)C. The minimum Gasteiger partial charge on any atom is -0.494 e. The lowest BCUT2D eigenvalue weighted by atomic mass is 9.96. The third-order valence-electron chi connectivity index (χ3n) is 2.90. The van der Waals surface area contributed by atoms with Crippen LogP contribution in [0.1, 0.15) is 45.7 Å². The predicted octanol–water partition coefficient (Wildman–Crippen LogP) is 4.54. The van der Waals surface area contributed by atoms with Crippen LogP contribution in [0.4, 0.5) is 0 Å². The molecule has 0 aliphatic heterocycles. The van der Waals surface area contributed by atoms with Crippen molar-refractivity contribution in [1.29, 1.82) is 0 Å². The van der Waals surface area contributed by atoms with Crippen molar-refractivity contribution in [2.24, 2.45) is 5.92 Å². The van der Waals surface area contributed by atoms with Crippen molar-refractivity contribution in [1.82, 2.24) is 5.32 Å². The first-order chi connectivity index (χ1) is 8.60. The van der Waals surface area contributed by atoms with Crippen molar-refractivity contribution in [3.8, 4) is 5.75 Å². The zero-order valence-corrected chi connectivity index (χ0v) is 13.4. The third-order valence-corrected chi connectivity index (χ3v) is 3.59. The molecule has 2 nitrogen and oxygen atoms in total. The van der Waals surface area contributed by atoms with Crippen LogP contribution in [0.5, 0.6) is 5.75 Å². The van der Waals surface area contributed by atoms with Crippen LogP contribution < -0.4 is 10.1 Å². The minimum atomic E-state index is 0.384. The molecule has 0 aliphatic rings. The summed E-state index contributed by atoms with van der Waals surface area (Å²) < 4.78 is 6.63. The Kier molecular flexibility index (Phi) is 6.72. The van der Waals surface area contributed by atoms with Gasteiger partial charge >= 0.3 is 0 Å². The van der Waals surface area contributed by atoms with Crippen LogP contribution >= 0.6 is 15.9 Å². The maximum Gasteiger partial charge on any atom is 0.120 e. The number of ether oxygens (including phenoxy) is 1. The van der Waals surface area contributed by atoms with Gasteiger partial charge in [0.1, 0.15) is 5.75 Å². The van der Waals surface area contributed by atoms with Crippen molar-refractivity contribution in [2.45, 2.75) is 40.2 Å². The van der Waals surface area contributed by atoms with Gasteiger partial charge in [0.2, 0.25) is 0 Å². The van der Waals surface area contributed by atoms with Gasteiger partial charge in [0, 0.05) is 10.5 Å². The third kappa shape index (κ3) is 4.29. The number of rotatable bonds is 7. The Morgan fingerprint density at radius 1 is 1.28 bits per heavy atom. The summed E-state index contributed by atoms with van der Waals surface area (Å²) in [4.78, 5) is 0. The minimum absolute atomic E-state index is 0.384. The molecule has 1 aromatic rings. The first-order valence-electron chi connectivity index (χ1n) is 6.75. The molecule has 0 aliphatic carbocycles. The molecule has 0 fully saturated rings. The molecule has 0 radical (unpaired) electrons. The Hall–Kier alpha value is -0.540. The van der Waals surface area contributed by atoms with Gasteiger partial charge in [-0.1, -0.05) is 42.8 Å². The number of hydrogen-bond donors (Lipinski definition) is 1. The summed E-state index contributed by atoms with van der Waals surface area (Å²) in [6.45, 7) is 10.4. The average molecular weight is 314 g/mol. The van der Waals surface area contributed by atoms with E-state index in [2.05, 4.69) is 54.2 Å². The van der Waals surface area contributed by atoms with Crippen LogP contribution in [0, 0.1) is 5.92 Å². The first kappa shape index (κ1) is 15.5. The molecule has 1 atom stereocenters. The van der Waals surface area contributed by atoms with E-state index < -0.39 is 0 Å². The summed E-state index contributed by atoms with van der Waals surface area (Å²) in [5, 5.41) is 3.61. The lowest BCUT2D eigenvalue weighted by Crippen LogP contribution is -2.26. The van der Waals surface area contributed by atoms with E-state index in [0.717, 1.165) is 23.2 Å². The molecule has 1 rings (SSSR count). The highest BCUT2D eigenvalue weighted by molar-refractivity contribution is 9.10. The fraction of sp³-hybridized carbons (Fsp3) is 0.600. The van der Waals surface area contributed by atoms with Gasteiger partial charge in [0.15, 0.2) is 0 Å². The van der Waals surface area contributed by atoms with Crippen molar-refractivity contribution in [2.75, 3.05) is 13.2 Å². The monoisotopic (exact) mass is 313 g/mol. The predicted molar refractivity (Wildman–Crippen MR) is 81.2 cm³/mol. The van der Waals surface area contributed by atoms with Crippen LogP contribution in [0.25, 0.3) is 0 Å². The van der Waals surface area contributed by atoms with Gasteiger partial charge in [-0.15, -0.1) is 0 Å². The Balaban J connectivity index is 2.90. The summed E-state index contributed by atoms with van der Waals surface area (Å²) in [5.74, 6) is 1.48. The zero-order chi connectivity index (χ0) is 13.5. The highest BCUT2D eigenvalue weighted by atomic mass is 79.9. The van der Waals surface area contributed by atoms with E-state index in [0.29, 0.717) is 18.6 Å². The van der Waals surface area contributed by atoms with E-state index in [9.17, 15) is 0 Å². The quantitative estimate of drug-likeness (QED) is 0.797. The van der Waals surface area contributed by atoms with E-state index in [1.807, 2.05) is 13.0 Å². The van der Waals surface area contributed by atoms with Gasteiger partial charge in [-0.3, -0.25) is 0 Å². The number of benzene rings is 1. The van der Waals surface area contributed by atoms with Crippen LogP contribution in [-0.4, -0.2) is 13.2 Å². The molecule has 3 heteroatoms. The Bertz CT molecular complexity index is 366. The average Bonchev–Trinajstić information content (AvgIpc) is 2.32. The van der Waals surface area contributed by atoms with E-state index in [1.165, 1.54) is 5.56 Å². The molecule has 18 heavy (non-hydrogen) atoms. The fourth-order valence-electron chi connectivity index (χ4n) is 2.02. The highest BCUT2D eigenvalue weighted by Crippen LogP contribution is 2.31. The number of hydrogen-bond acceptors (Lipinski definition) is 2. The molecule has 0 bridgehead atoms. The maximum absolute atomic E-state index is 5.51. The van der Waals surface area contributed by atoms with Gasteiger partial charge in [-0.2, -0.15) is 0 Å². The number of nitrogens with one attached hydrogen (secondary N) is 1. The lowest BCUT2D eigenvalue weighted by Gasteiger charge is -2.24. The summed E-state index contributed by atoms with van der Waals surface area (Å²) in [7, 11) is 0. The second-order valence-electron chi connectivity index (χ2n) is 4.79. The molecule has 0 saturated carbocycles. The Morgan fingerprint density at radius 3 is 2.50 bits per heavy atom. The summed E-state index contributed by atoms with van der Waals surface area (Å²) in [6.07, 6.45) is 1.15. The highest BCUT2D eigenvalue weighted by Gasteiger charge is 2.17. The van der Waals surface area contributed by atoms with E-state index in [-0.39, 0.29) is 0 Å². The van der Waals surface area contributed by atoms with Crippen molar-refractivity contribution in [3.05, 3.63) is 28.2 Å². The maximum atomic E-state index is 5.51. The first-order valence-corrected chi connectivity index (χ1v) is 7.55. The van der Waals surface area contributed by atoms with E-state index in [4.69, 9.17) is 4.74 Å². The second kappa shape index (κ2) is 7.80. The van der Waals surface area contributed by atoms with Gasteiger partial charge in [-0.05, 0) is 43.5 Å². The van der Waals surface area contributed by atoms with Crippen LogP contribution in [0.3, 0.4) is 0 Å². The topological polar surface area (TPSA) is 21.3 Å². The molecule has 1 unspecified atom stereocenters. The molecule has 1 N–H and O–H groups in total. The standard InChI is InChI=1S/C15H24BrNO/c1-5-9-17-15(11(3)4)13-8-7-12(18-6-2)10-14(13)16/h7-8,10-11,15,17H,5-6,9H2,1-4H3. The van der Waals surface area contributed by atoms with Crippen LogP contribution in [-0.2, 0) is 0 Å². The van der Waals surface area contributed by atoms with Gasteiger partial charge in [-0.25, -0.2) is 0 Å². The van der Waals surface area contributed by atoms with Crippen molar-refractivity contribution >= 4 is 15.9 Å². The fourth-order valence-corrected chi connectivity index (χ4v) is 2.63. The van der Waals surface area contributed by atoms with Crippen LogP contribution in [0.2, 0.25) is 0 Å². The van der Waals surface area contributed by atoms with Gasteiger partial charge < -0.3 is 10.1 Å². The van der Waals surface area contributed by atoms with Crippen LogP contribution in [0.15, 0.2) is 22.7 Å². The molecular weight excluding hydrogens is 290 g/mol. The van der Waals surface area contributed by atoms with E-state index >= 15 is 0 Å². The normalized spacial score (nSPS) is 12.8. The molecule has 1 aromatic carbocycles. The van der Waals surface area contributed by atoms with E-state index in [1.54, 1.807) is 0 Å². The second-order valence-corrected chi connectivity index (χ2v) is 5.65. The Morgan fingerprint density at radius 2 is 2.00 bits per heavy atom. The smallest absolute Gasteiger partial charge is 0.120 e. The summed E-state index contributed by atoms with van der Waals surface area (Å²) in [5.41, 5.74) is 1.31. The van der Waals surface area contributed by atoms with Crippen molar-refractivity contribution < 1.29 is 4.74 Å². The Labute approximate surface area is 119 Å². The molecule has 0 aromatic heterocycles. The molecule has 0 spiro atoms. The lowest BCUT2D eigenvalue weighted by molar-refractivity contribution is 0.339. The molecule has 102 valence electrons. The van der Waals surface area contributed by atoms with Crippen molar-refractivity contribution in [3.63, 3.8) is 0 Å². The summed E-state index contributed by atoms with van der Waals surface area (Å²) >= 11 is 3.66. The van der Waals surface area contributed by atoms with Gasteiger partial charge in [0.25, 0.3) is 0 Å². The molecule has 0 heterocycles. The number of halogens is 1.